The van der Waals surface area contributed by atoms with Crippen molar-refractivity contribution in [3.8, 4) is 5.75 Å². The molecule has 9 heteroatoms. The number of hydrogen-bond acceptors (Lipinski definition) is 6. The molecular formula is C29H29N3O5S. The molecule has 0 aliphatic rings. The van der Waals surface area contributed by atoms with E-state index in [9.17, 15) is 14.4 Å². The van der Waals surface area contributed by atoms with Gasteiger partial charge < -0.3 is 19.8 Å². The van der Waals surface area contributed by atoms with Crippen LogP contribution in [-0.4, -0.2) is 30.9 Å². The third-order valence-electron chi connectivity index (χ3n) is 5.74. The van der Waals surface area contributed by atoms with Crippen molar-refractivity contribution in [2.24, 2.45) is 0 Å². The molecule has 0 aliphatic carbocycles. The zero-order valence-corrected chi connectivity index (χ0v) is 22.0. The molecule has 3 amide bonds. The predicted octanol–water partition coefficient (Wildman–Crippen LogP) is 4.87. The molecule has 2 aromatic carbocycles. The number of nitrogens with zero attached hydrogens (tertiary/aromatic N) is 1. The summed E-state index contributed by atoms with van der Waals surface area (Å²) in [5.74, 6) is -0.0673. The Balaban J connectivity index is 1.70. The Kier molecular flexibility index (Phi) is 8.94. The zero-order chi connectivity index (χ0) is 26.9. The van der Waals surface area contributed by atoms with E-state index in [1.54, 1.807) is 53.9 Å². The average Bonchev–Trinajstić information content (AvgIpc) is 3.65. The Morgan fingerprint density at radius 1 is 1.00 bits per heavy atom. The number of carbonyl (C=O) groups excluding carboxylic acids is 3. The monoisotopic (exact) mass is 531 g/mol. The number of benzene rings is 2. The van der Waals surface area contributed by atoms with Gasteiger partial charge in [-0.1, -0.05) is 42.0 Å². The Morgan fingerprint density at radius 3 is 2.50 bits per heavy atom. The molecule has 0 aliphatic heterocycles. The lowest BCUT2D eigenvalue weighted by molar-refractivity contribution is -0.126. The molecule has 196 valence electrons. The van der Waals surface area contributed by atoms with Crippen LogP contribution in [0.25, 0.3) is 0 Å². The number of aryl methyl sites for hydroxylation is 1. The van der Waals surface area contributed by atoms with Crippen molar-refractivity contribution in [1.29, 1.82) is 0 Å². The first-order valence-corrected chi connectivity index (χ1v) is 13.1. The fraction of sp³-hybridized carbons (Fsp3) is 0.207. The summed E-state index contributed by atoms with van der Waals surface area (Å²) >= 11 is 1.28. The molecule has 0 radical (unpaired) electrons. The molecule has 38 heavy (non-hydrogen) atoms. The van der Waals surface area contributed by atoms with Crippen molar-refractivity contribution >= 4 is 34.7 Å². The van der Waals surface area contributed by atoms with E-state index in [1.165, 1.54) is 22.5 Å². The van der Waals surface area contributed by atoms with Gasteiger partial charge in [0, 0.05) is 11.8 Å². The molecule has 2 heterocycles. The van der Waals surface area contributed by atoms with Crippen molar-refractivity contribution in [1.82, 2.24) is 10.6 Å². The SMILES string of the molecule is CCOc1cccc(N(C(=O)CNC(=O)c2cccs2)[C@H](C(=O)NCc2ccco2)c2ccc(C)cc2)c1. The van der Waals surface area contributed by atoms with Crippen LogP contribution in [0, 0.1) is 6.92 Å². The number of ether oxygens (including phenoxy) is 1. The van der Waals surface area contributed by atoms with Gasteiger partial charge in [-0.15, -0.1) is 11.3 Å². The minimum Gasteiger partial charge on any atom is -0.494 e. The van der Waals surface area contributed by atoms with E-state index in [0.29, 0.717) is 34.2 Å². The Hall–Kier alpha value is -4.37. The van der Waals surface area contributed by atoms with E-state index in [2.05, 4.69) is 10.6 Å². The highest BCUT2D eigenvalue weighted by molar-refractivity contribution is 7.12. The first kappa shape index (κ1) is 26.7. The highest BCUT2D eigenvalue weighted by Gasteiger charge is 2.33. The molecule has 2 aromatic heterocycles. The van der Waals surface area contributed by atoms with E-state index >= 15 is 0 Å². The number of hydrogen-bond donors (Lipinski definition) is 2. The van der Waals surface area contributed by atoms with Crippen LogP contribution in [-0.2, 0) is 16.1 Å². The fourth-order valence-corrected chi connectivity index (χ4v) is 4.55. The first-order valence-electron chi connectivity index (χ1n) is 12.2. The van der Waals surface area contributed by atoms with Gasteiger partial charge in [0.25, 0.3) is 5.91 Å². The van der Waals surface area contributed by atoms with Crippen LogP contribution in [0.1, 0.15) is 39.5 Å². The normalized spacial score (nSPS) is 11.4. The summed E-state index contributed by atoms with van der Waals surface area (Å²) in [6.45, 7) is 4.12. The second-order valence-electron chi connectivity index (χ2n) is 8.46. The quantitative estimate of drug-likeness (QED) is 0.288. The second kappa shape index (κ2) is 12.7. The molecule has 1 atom stereocenters. The molecule has 8 nitrogen and oxygen atoms in total. The van der Waals surface area contributed by atoms with Gasteiger partial charge in [0.05, 0.1) is 30.8 Å². The van der Waals surface area contributed by atoms with Crippen molar-refractivity contribution in [2.75, 3.05) is 18.1 Å². The van der Waals surface area contributed by atoms with Gasteiger partial charge in [-0.3, -0.25) is 19.3 Å². The van der Waals surface area contributed by atoms with Gasteiger partial charge in [-0.25, -0.2) is 0 Å². The molecular weight excluding hydrogens is 502 g/mol. The lowest BCUT2D eigenvalue weighted by Gasteiger charge is -2.32. The second-order valence-corrected chi connectivity index (χ2v) is 9.41. The van der Waals surface area contributed by atoms with Crippen LogP contribution in [0.3, 0.4) is 0 Å². The van der Waals surface area contributed by atoms with Crippen LogP contribution in [0.4, 0.5) is 5.69 Å². The van der Waals surface area contributed by atoms with Gasteiger partial charge >= 0.3 is 0 Å². The summed E-state index contributed by atoms with van der Waals surface area (Å²) in [4.78, 5) is 42.0. The van der Waals surface area contributed by atoms with Gasteiger partial charge in [0.1, 0.15) is 17.6 Å². The maximum absolute atomic E-state index is 13.8. The smallest absolute Gasteiger partial charge is 0.261 e. The van der Waals surface area contributed by atoms with Crippen LogP contribution < -0.4 is 20.3 Å². The molecule has 0 saturated heterocycles. The highest BCUT2D eigenvalue weighted by Crippen LogP contribution is 2.31. The number of thiophene rings is 1. The number of amides is 3. The Morgan fingerprint density at radius 2 is 1.82 bits per heavy atom. The van der Waals surface area contributed by atoms with Crippen LogP contribution in [0.5, 0.6) is 5.75 Å². The minimum absolute atomic E-state index is 0.157. The summed E-state index contributed by atoms with van der Waals surface area (Å²) in [6, 6.07) is 20.4. The van der Waals surface area contributed by atoms with Gasteiger partial charge in [-0.05, 0) is 55.1 Å². The third-order valence-corrected chi connectivity index (χ3v) is 6.61. The van der Waals surface area contributed by atoms with Crippen LogP contribution in [0.2, 0.25) is 0 Å². The summed E-state index contributed by atoms with van der Waals surface area (Å²) in [7, 11) is 0. The Bertz CT molecular complexity index is 1350. The maximum Gasteiger partial charge on any atom is 0.261 e. The van der Waals surface area contributed by atoms with Crippen molar-refractivity contribution in [2.45, 2.75) is 26.4 Å². The molecule has 0 unspecified atom stereocenters. The lowest BCUT2D eigenvalue weighted by atomic mass is 10.0. The lowest BCUT2D eigenvalue weighted by Crippen LogP contribution is -2.47. The highest BCUT2D eigenvalue weighted by atomic mass is 32.1. The molecule has 4 aromatic rings. The number of nitrogens with one attached hydrogen (secondary N) is 2. The topological polar surface area (TPSA) is 101 Å². The van der Waals surface area contributed by atoms with Gasteiger partial charge in [0.2, 0.25) is 11.8 Å². The van der Waals surface area contributed by atoms with Crippen LogP contribution >= 0.6 is 11.3 Å². The summed E-state index contributed by atoms with van der Waals surface area (Å²) in [6.07, 6.45) is 1.53. The third kappa shape index (κ3) is 6.68. The van der Waals surface area contributed by atoms with Crippen molar-refractivity contribution < 1.29 is 23.5 Å². The minimum atomic E-state index is -1.02. The number of anilines is 1. The molecule has 0 bridgehead atoms. The summed E-state index contributed by atoms with van der Waals surface area (Å²) in [5.41, 5.74) is 2.10. The van der Waals surface area contributed by atoms with Gasteiger partial charge in [0.15, 0.2) is 0 Å². The van der Waals surface area contributed by atoms with Crippen molar-refractivity contribution in [3.63, 3.8) is 0 Å². The van der Waals surface area contributed by atoms with E-state index < -0.39 is 17.9 Å². The fourth-order valence-electron chi connectivity index (χ4n) is 3.91. The van der Waals surface area contributed by atoms with E-state index in [0.717, 1.165) is 5.56 Å². The van der Waals surface area contributed by atoms with E-state index in [1.807, 2.05) is 38.1 Å². The van der Waals surface area contributed by atoms with Gasteiger partial charge in [-0.2, -0.15) is 0 Å². The largest absolute Gasteiger partial charge is 0.494 e. The average molecular weight is 532 g/mol. The Labute approximate surface area is 225 Å². The van der Waals surface area contributed by atoms with E-state index in [4.69, 9.17) is 9.15 Å². The molecule has 0 saturated carbocycles. The first-order chi connectivity index (χ1) is 18.5. The number of rotatable bonds is 11. The number of carbonyl (C=O) groups is 3. The number of furan rings is 1. The standard InChI is InChI=1S/C29H29N3O5S/c1-3-36-23-8-4-7-22(17-23)32(26(33)19-31-28(34)25-10-6-16-38-25)27(21-13-11-20(2)12-14-21)29(35)30-18-24-9-5-15-37-24/h4-17,27H,3,18-19H2,1-2H3,(H,30,35)(H,31,34)/t27-/m0/s1. The van der Waals surface area contributed by atoms with Crippen LogP contribution in [0.15, 0.2) is 88.9 Å². The van der Waals surface area contributed by atoms with Crippen molar-refractivity contribution in [3.05, 3.63) is 106 Å². The zero-order valence-electron chi connectivity index (χ0n) is 21.2. The molecule has 0 spiro atoms. The molecule has 4 rings (SSSR count). The molecule has 0 fully saturated rings. The van der Waals surface area contributed by atoms with E-state index in [-0.39, 0.29) is 19.0 Å². The molecule has 2 N–H and O–H groups in total. The maximum atomic E-state index is 13.8. The summed E-state index contributed by atoms with van der Waals surface area (Å²) in [5, 5.41) is 7.36. The summed E-state index contributed by atoms with van der Waals surface area (Å²) < 4.78 is 11.0. The predicted molar refractivity (Wildman–Crippen MR) is 146 cm³/mol.